The topological polar surface area (TPSA) is 6.48 Å². The van der Waals surface area contributed by atoms with Crippen molar-refractivity contribution in [2.45, 2.75) is 181 Å². The van der Waals surface area contributed by atoms with E-state index in [-0.39, 0.29) is 44.6 Å². The van der Waals surface area contributed by atoms with Crippen molar-refractivity contribution in [1.82, 2.24) is 0 Å². The first-order chi connectivity index (χ1) is 35.3. The summed E-state index contributed by atoms with van der Waals surface area (Å²) in [6, 6.07) is 50.7. The quantitative estimate of drug-likeness (QED) is 0.159. The third-order valence-corrected chi connectivity index (χ3v) is 18.5. The third kappa shape index (κ3) is 7.96. The predicted molar refractivity (Wildman–Crippen MR) is 317 cm³/mol. The number of rotatable bonds is 5. The Labute approximate surface area is 445 Å². The van der Waals surface area contributed by atoms with Gasteiger partial charge in [-0.05, 0) is 186 Å². The number of aryl methyl sites for hydroxylation is 1. The van der Waals surface area contributed by atoms with Gasteiger partial charge in [-0.3, -0.25) is 0 Å². The molecule has 3 heteroatoms. The molecule has 4 aliphatic rings. The maximum Gasteiger partial charge on any atom is 0.252 e. The number of hydrogen-bond acceptors (Lipinski definition) is 2. The third-order valence-electron chi connectivity index (χ3n) is 18.5. The average molecular weight is 964 g/mol. The van der Waals surface area contributed by atoms with E-state index in [4.69, 9.17) is 0 Å². The second-order valence-corrected chi connectivity index (χ2v) is 27.8. The molecule has 0 N–H and O–H groups in total. The molecule has 2 heterocycles. The highest BCUT2D eigenvalue weighted by Crippen LogP contribution is 2.54. The molecule has 0 atom stereocenters. The van der Waals surface area contributed by atoms with Crippen molar-refractivity contribution in [3.05, 3.63) is 184 Å². The van der Waals surface area contributed by atoms with E-state index in [1.165, 1.54) is 55.4 Å². The Morgan fingerprint density at radius 3 is 1.59 bits per heavy atom. The van der Waals surface area contributed by atoms with Crippen LogP contribution in [0.3, 0.4) is 0 Å². The van der Waals surface area contributed by atoms with Gasteiger partial charge in [0.2, 0.25) is 0 Å². The van der Waals surface area contributed by atoms with E-state index in [1.54, 1.807) is 0 Å². The summed E-state index contributed by atoms with van der Waals surface area (Å²) < 4.78 is 28.0. The van der Waals surface area contributed by atoms with Gasteiger partial charge in [-0.1, -0.05) is 196 Å². The first kappa shape index (κ1) is 45.8. The molecule has 0 amide bonds. The molecule has 0 fully saturated rings. The van der Waals surface area contributed by atoms with E-state index in [1.807, 2.05) is 12.1 Å². The molecule has 0 spiro atoms. The Morgan fingerprint density at radius 1 is 0.425 bits per heavy atom. The molecule has 11 rings (SSSR count). The van der Waals surface area contributed by atoms with E-state index in [0.717, 1.165) is 76.4 Å². The van der Waals surface area contributed by atoms with Crippen LogP contribution in [0.15, 0.2) is 133 Å². The second kappa shape index (κ2) is 16.4. The maximum absolute atomic E-state index is 9.33. The molecule has 0 saturated carbocycles. The minimum atomic E-state index is -2.40. The van der Waals surface area contributed by atoms with Gasteiger partial charge in [-0.2, -0.15) is 0 Å². The molecule has 374 valence electrons. The summed E-state index contributed by atoms with van der Waals surface area (Å²) in [6.45, 7) is 35.2. The van der Waals surface area contributed by atoms with Crippen LogP contribution < -0.4 is 26.2 Å². The summed E-state index contributed by atoms with van der Waals surface area (Å²) in [5.74, 6) is 0. The zero-order valence-corrected chi connectivity index (χ0v) is 47.0. The van der Waals surface area contributed by atoms with Crippen LogP contribution in [0.1, 0.15) is 191 Å². The first-order valence-corrected chi connectivity index (χ1v) is 27.4. The molecule has 0 unspecified atom stereocenters. The minimum Gasteiger partial charge on any atom is -0.311 e. The minimum absolute atomic E-state index is 0.0331. The van der Waals surface area contributed by atoms with Crippen molar-refractivity contribution in [2.24, 2.45) is 0 Å². The van der Waals surface area contributed by atoms with E-state index >= 15 is 0 Å². The summed E-state index contributed by atoms with van der Waals surface area (Å²) in [4.78, 5) is 4.95. The predicted octanol–water partition coefficient (Wildman–Crippen LogP) is 17.4. The molecule has 7 aromatic carbocycles. The summed E-state index contributed by atoms with van der Waals surface area (Å²) in [7, 11) is 0. The molecule has 0 aromatic heterocycles. The van der Waals surface area contributed by atoms with Crippen molar-refractivity contribution in [3.63, 3.8) is 0 Å². The highest BCUT2D eigenvalue weighted by molar-refractivity contribution is 7.00. The Hall–Kier alpha value is -5.80. The van der Waals surface area contributed by atoms with E-state index in [0.29, 0.717) is 5.56 Å². The SMILES string of the molecule is [2H]C([2H])([2H])c1cc2c3c(c1)N(c1ccc(C(C)(C)C)cc1-c1cccc(C(C)(C)C)c1)c1ccc(C(C)(C)c4ccccc4)cc1B3c1cc3c(cc1N2c1ccc2c(c1)C(C)(C)CCC2(C)C)C(C)(C)CCC3(C)C. The summed E-state index contributed by atoms with van der Waals surface area (Å²) in [5, 5.41) is 0. The highest BCUT2D eigenvalue weighted by atomic mass is 15.2. The van der Waals surface area contributed by atoms with Crippen molar-refractivity contribution < 1.29 is 4.11 Å². The van der Waals surface area contributed by atoms with Gasteiger partial charge in [0.05, 0.1) is 5.69 Å². The number of anilines is 6. The van der Waals surface area contributed by atoms with Crippen molar-refractivity contribution in [1.29, 1.82) is 0 Å². The monoisotopic (exact) mass is 964 g/mol. The van der Waals surface area contributed by atoms with Crippen molar-refractivity contribution in [2.75, 3.05) is 9.80 Å². The summed E-state index contributed by atoms with van der Waals surface area (Å²) >= 11 is 0. The molecule has 0 saturated heterocycles. The zero-order chi connectivity index (χ0) is 54.7. The van der Waals surface area contributed by atoms with Crippen LogP contribution in [-0.4, -0.2) is 6.71 Å². The Bertz CT molecular complexity index is 3490. The van der Waals surface area contributed by atoms with Crippen molar-refractivity contribution in [3.8, 4) is 11.1 Å². The zero-order valence-electron chi connectivity index (χ0n) is 50.0. The van der Waals surface area contributed by atoms with E-state index in [2.05, 4.69) is 242 Å². The molecular formula is C70H81BN2. The lowest BCUT2D eigenvalue weighted by Gasteiger charge is -2.48. The van der Waals surface area contributed by atoms with Gasteiger partial charge in [0.1, 0.15) is 0 Å². The van der Waals surface area contributed by atoms with Crippen LogP contribution in [0.25, 0.3) is 11.1 Å². The number of nitrogens with zero attached hydrogens (tertiary/aromatic N) is 2. The van der Waals surface area contributed by atoms with E-state index in [9.17, 15) is 4.11 Å². The van der Waals surface area contributed by atoms with Gasteiger partial charge >= 0.3 is 0 Å². The van der Waals surface area contributed by atoms with Crippen LogP contribution in [0.4, 0.5) is 34.1 Å². The summed E-state index contributed by atoms with van der Waals surface area (Å²) in [6.07, 6.45) is 4.41. The molecule has 0 radical (unpaired) electrons. The molecular weight excluding hydrogens is 880 g/mol. The van der Waals surface area contributed by atoms with Crippen LogP contribution in [0.2, 0.25) is 0 Å². The first-order valence-electron chi connectivity index (χ1n) is 28.9. The standard InChI is InChI=1S/C70H81BN2/c1-44-36-61-63-62(37-44)73(58-30-26-48(65(5,6)7)39-51(58)45-22-21-25-47(38-45)64(2,3)4)59-31-27-49(70(16,17)46-23-19-18-20-24-46)40-56(59)71(63)57-42-54-55(69(14,15)35-34-68(54,12)13)43-60(57)72(61)50-28-29-52-53(41-50)67(10,11)33-32-66(52,8)9/h18-31,36-43H,32-35H2,1-17H3/i1D3. The number of hydrogen-bond donors (Lipinski definition) is 0. The van der Waals surface area contributed by atoms with Gasteiger partial charge in [0.15, 0.2) is 0 Å². The number of benzene rings is 7. The van der Waals surface area contributed by atoms with Gasteiger partial charge in [0, 0.05) is 43.5 Å². The fourth-order valence-corrected chi connectivity index (χ4v) is 13.3. The van der Waals surface area contributed by atoms with Crippen molar-refractivity contribution >= 4 is 57.2 Å². The lowest BCUT2D eigenvalue weighted by atomic mass is 9.33. The fourth-order valence-electron chi connectivity index (χ4n) is 13.3. The molecule has 7 aromatic rings. The second-order valence-electron chi connectivity index (χ2n) is 27.8. The normalized spacial score (nSPS) is 18.8. The Balaban J connectivity index is 1.30. The van der Waals surface area contributed by atoms with Crippen LogP contribution in [-0.2, 0) is 37.9 Å². The smallest absolute Gasteiger partial charge is 0.252 e. The molecule has 2 aliphatic heterocycles. The Morgan fingerprint density at radius 2 is 0.959 bits per heavy atom. The fraction of sp³-hybridized carbons (Fsp3) is 0.400. The molecule has 0 bridgehead atoms. The summed E-state index contributed by atoms with van der Waals surface area (Å²) in [5.41, 5.74) is 22.4. The van der Waals surface area contributed by atoms with Gasteiger partial charge in [-0.15, -0.1) is 0 Å². The molecule has 73 heavy (non-hydrogen) atoms. The number of fused-ring (bicyclic) bond motifs is 6. The van der Waals surface area contributed by atoms with Crippen LogP contribution in [0, 0.1) is 6.85 Å². The molecule has 2 nitrogen and oxygen atoms in total. The Kier molecular flexibility index (Phi) is 10.3. The van der Waals surface area contributed by atoms with E-state index < -0.39 is 6.85 Å². The molecule has 2 aliphatic carbocycles. The van der Waals surface area contributed by atoms with Crippen LogP contribution >= 0.6 is 0 Å². The lowest BCUT2D eigenvalue weighted by molar-refractivity contribution is 0.332. The van der Waals surface area contributed by atoms with Gasteiger partial charge < -0.3 is 9.80 Å². The van der Waals surface area contributed by atoms with Gasteiger partial charge in [0.25, 0.3) is 6.71 Å². The average Bonchev–Trinajstić information content (AvgIpc) is 3.46. The highest BCUT2D eigenvalue weighted by Gasteiger charge is 2.48. The lowest BCUT2D eigenvalue weighted by Crippen LogP contribution is -2.62. The van der Waals surface area contributed by atoms with Crippen LogP contribution in [0.5, 0.6) is 0 Å². The largest absolute Gasteiger partial charge is 0.311 e. The maximum atomic E-state index is 9.33. The van der Waals surface area contributed by atoms with Gasteiger partial charge in [-0.25, -0.2) is 0 Å².